The maximum absolute atomic E-state index is 12.3. The highest BCUT2D eigenvalue weighted by atomic mass is 32.2. The molecule has 23 heavy (non-hydrogen) atoms. The fourth-order valence-corrected chi connectivity index (χ4v) is 4.14. The minimum absolute atomic E-state index is 0.00128. The third-order valence-electron chi connectivity index (χ3n) is 4.15. The Bertz CT molecular complexity index is 693. The van der Waals surface area contributed by atoms with Crippen molar-refractivity contribution in [3.05, 3.63) is 60.1 Å². The molecule has 0 radical (unpaired) electrons. The van der Waals surface area contributed by atoms with Crippen LogP contribution >= 0.6 is 0 Å². The maximum atomic E-state index is 12.3. The van der Waals surface area contributed by atoms with Gasteiger partial charge in [-0.15, -0.1) is 0 Å². The van der Waals surface area contributed by atoms with Crippen molar-refractivity contribution >= 4 is 10.0 Å². The molecule has 1 atom stereocenters. The van der Waals surface area contributed by atoms with E-state index in [1.54, 1.807) is 6.26 Å². The van der Waals surface area contributed by atoms with Gasteiger partial charge in [0.2, 0.25) is 10.0 Å². The molecule has 5 nitrogen and oxygen atoms in total. The Hall–Kier alpha value is -1.63. The summed E-state index contributed by atoms with van der Waals surface area (Å²) >= 11 is 0. The van der Waals surface area contributed by atoms with Gasteiger partial charge in [0.05, 0.1) is 18.1 Å². The third-order valence-corrected chi connectivity index (χ3v) is 5.47. The second kappa shape index (κ2) is 7.29. The van der Waals surface area contributed by atoms with Crippen LogP contribution in [0.4, 0.5) is 0 Å². The number of rotatable bonds is 7. The van der Waals surface area contributed by atoms with Crippen LogP contribution in [0.3, 0.4) is 0 Å². The van der Waals surface area contributed by atoms with E-state index >= 15 is 0 Å². The van der Waals surface area contributed by atoms with Crippen molar-refractivity contribution in [2.75, 3.05) is 19.6 Å². The molecule has 1 aromatic heterocycles. The summed E-state index contributed by atoms with van der Waals surface area (Å²) in [5.74, 6) is 0.813. The quantitative estimate of drug-likeness (QED) is 0.845. The Morgan fingerprint density at radius 3 is 2.48 bits per heavy atom. The summed E-state index contributed by atoms with van der Waals surface area (Å²) < 4.78 is 32.9. The Morgan fingerprint density at radius 2 is 1.83 bits per heavy atom. The molecule has 1 aliphatic rings. The summed E-state index contributed by atoms with van der Waals surface area (Å²) in [4.78, 5) is 2.28. The number of hydrogen-bond donors (Lipinski definition) is 1. The Balaban J connectivity index is 1.66. The lowest BCUT2D eigenvalue weighted by atomic mass is 10.2. The van der Waals surface area contributed by atoms with Crippen molar-refractivity contribution < 1.29 is 12.8 Å². The summed E-state index contributed by atoms with van der Waals surface area (Å²) in [5, 5.41) is 0. The summed E-state index contributed by atoms with van der Waals surface area (Å²) in [6.07, 6.45) is 3.93. The second-order valence-corrected chi connectivity index (χ2v) is 7.67. The van der Waals surface area contributed by atoms with E-state index in [9.17, 15) is 8.42 Å². The molecule has 0 amide bonds. The molecule has 6 heteroatoms. The normalized spacial score (nSPS) is 17.4. The van der Waals surface area contributed by atoms with Crippen molar-refractivity contribution in [1.82, 2.24) is 9.62 Å². The Kier molecular flexibility index (Phi) is 5.15. The highest BCUT2D eigenvalue weighted by Gasteiger charge is 2.27. The van der Waals surface area contributed by atoms with Gasteiger partial charge in [-0.05, 0) is 43.6 Å². The van der Waals surface area contributed by atoms with Crippen molar-refractivity contribution in [3.63, 3.8) is 0 Å². The Labute approximate surface area is 137 Å². The number of sulfonamides is 1. The van der Waals surface area contributed by atoms with Gasteiger partial charge in [0.1, 0.15) is 5.76 Å². The molecule has 1 aliphatic heterocycles. The minimum atomic E-state index is -3.37. The van der Waals surface area contributed by atoms with E-state index in [2.05, 4.69) is 9.62 Å². The minimum Gasteiger partial charge on any atom is -0.468 e. The number of furan rings is 1. The van der Waals surface area contributed by atoms with Gasteiger partial charge < -0.3 is 4.42 Å². The molecule has 1 fully saturated rings. The van der Waals surface area contributed by atoms with Crippen LogP contribution < -0.4 is 4.72 Å². The van der Waals surface area contributed by atoms with E-state index in [0.717, 1.165) is 37.3 Å². The Morgan fingerprint density at radius 1 is 1.09 bits per heavy atom. The van der Waals surface area contributed by atoms with Gasteiger partial charge in [-0.2, -0.15) is 0 Å². The van der Waals surface area contributed by atoms with Crippen LogP contribution in [0, 0.1) is 0 Å². The molecule has 0 spiro atoms. The first kappa shape index (κ1) is 16.2. The predicted octanol–water partition coefficient (Wildman–Crippen LogP) is 2.54. The zero-order chi connectivity index (χ0) is 16.1. The van der Waals surface area contributed by atoms with Gasteiger partial charge in [-0.1, -0.05) is 30.3 Å². The second-order valence-electron chi connectivity index (χ2n) is 5.87. The molecule has 1 N–H and O–H groups in total. The first-order chi connectivity index (χ1) is 11.1. The molecular formula is C17H22N2O3S. The zero-order valence-corrected chi connectivity index (χ0v) is 13.8. The third kappa shape index (κ3) is 4.43. The van der Waals surface area contributed by atoms with Gasteiger partial charge in [0.25, 0.3) is 0 Å². The van der Waals surface area contributed by atoms with Gasteiger partial charge in [0.15, 0.2) is 0 Å². The number of hydrogen-bond acceptors (Lipinski definition) is 4. The monoisotopic (exact) mass is 334 g/mol. The smallest absolute Gasteiger partial charge is 0.215 e. The fraction of sp³-hybridized carbons (Fsp3) is 0.412. The van der Waals surface area contributed by atoms with Crippen molar-refractivity contribution in [2.24, 2.45) is 0 Å². The number of benzene rings is 1. The van der Waals surface area contributed by atoms with E-state index in [0.29, 0.717) is 6.54 Å². The van der Waals surface area contributed by atoms with Crippen LogP contribution in [-0.2, 0) is 15.8 Å². The first-order valence-corrected chi connectivity index (χ1v) is 9.58. The van der Waals surface area contributed by atoms with E-state index in [-0.39, 0.29) is 11.8 Å². The lowest BCUT2D eigenvalue weighted by Gasteiger charge is -2.25. The number of nitrogens with zero attached hydrogens (tertiary/aromatic N) is 1. The molecule has 1 saturated heterocycles. The van der Waals surface area contributed by atoms with Crippen molar-refractivity contribution in [3.8, 4) is 0 Å². The van der Waals surface area contributed by atoms with Crippen molar-refractivity contribution in [1.29, 1.82) is 0 Å². The predicted molar refractivity (Wildman–Crippen MR) is 89.3 cm³/mol. The van der Waals surface area contributed by atoms with Crippen LogP contribution in [0.5, 0.6) is 0 Å². The van der Waals surface area contributed by atoms with E-state index in [1.165, 1.54) is 0 Å². The van der Waals surface area contributed by atoms with Crippen LogP contribution in [-0.4, -0.2) is 33.0 Å². The summed E-state index contributed by atoms with van der Waals surface area (Å²) in [7, 11) is -3.37. The molecule has 0 saturated carbocycles. The van der Waals surface area contributed by atoms with Crippen LogP contribution in [0.15, 0.2) is 53.1 Å². The molecule has 0 unspecified atom stereocenters. The van der Waals surface area contributed by atoms with Crippen LogP contribution in [0.1, 0.15) is 30.2 Å². The number of likely N-dealkylation sites (tertiary alicyclic amines) is 1. The molecule has 2 heterocycles. The van der Waals surface area contributed by atoms with E-state index in [1.807, 2.05) is 42.5 Å². The van der Waals surface area contributed by atoms with E-state index < -0.39 is 10.0 Å². The van der Waals surface area contributed by atoms with Gasteiger partial charge in [-0.25, -0.2) is 13.1 Å². The molecule has 124 valence electrons. The summed E-state index contributed by atoms with van der Waals surface area (Å²) in [6, 6.07) is 12.9. The van der Waals surface area contributed by atoms with Crippen molar-refractivity contribution in [2.45, 2.75) is 24.6 Å². The average Bonchev–Trinajstić information content (AvgIpc) is 3.21. The highest BCUT2D eigenvalue weighted by molar-refractivity contribution is 7.88. The maximum Gasteiger partial charge on any atom is 0.215 e. The van der Waals surface area contributed by atoms with Crippen LogP contribution in [0.25, 0.3) is 0 Å². The molecular weight excluding hydrogens is 312 g/mol. The van der Waals surface area contributed by atoms with Crippen LogP contribution in [0.2, 0.25) is 0 Å². The summed E-state index contributed by atoms with van der Waals surface area (Å²) in [6.45, 7) is 2.29. The standard InChI is InChI=1S/C17H22N2O3S/c20-23(21,14-15-7-2-1-3-8-15)18-13-16(17-9-6-12-22-17)19-10-4-5-11-19/h1-3,6-9,12,16,18H,4-5,10-11,13-14H2/t16-/m0/s1. The zero-order valence-electron chi connectivity index (χ0n) is 13.0. The molecule has 2 aromatic rings. The van der Waals surface area contributed by atoms with E-state index in [4.69, 9.17) is 4.42 Å². The highest BCUT2D eigenvalue weighted by Crippen LogP contribution is 2.25. The van der Waals surface area contributed by atoms with Gasteiger partial charge in [0, 0.05) is 6.54 Å². The first-order valence-electron chi connectivity index (χ1n) is 7.93. The SMILES string of the molecule is O=S(=O)(Cc1ccccc1)NC[C@@H](c1ccco1)N1CCCC1. The van der Waals surface area contributed by atoms with Gasteiger partial charge in [-0.3, -0.25) is 4.90 Å². The fourth-order valence-electron chi connectivity index (χ4n) is 2.99. The molecule has 1 aromatic carbocycles. The molecule has 3 rings (SSSR count). The number of nitrogens with one attached hydrogen (secondary N) is 1. The lowest BCUT2D eigenvalue weighted by molar-refractivity contribution is 0.216. The average molecular weight is 334 g/mol. The summed E-state index contributed by atoms with van der Waals surface area (Å²) in [5.41, 5.74) is 0.788. The van der Waals surface area contributed by atoms with Gasteiger partial charge >= 0.3 is 0 Å². The lowest BCUT2D eigenvalue weighted by Crippen LogP contribution is -2.37. The topological polar surface area (TPSA) is 62.6 Å². The largest absolute Gasteiger partial charge is 0.468 e. The molecule has 0 aliphatic carbocycles. The molecule has 0 bridgehead atoms.